The molecule has 0 amide bonds. The molecule has 1 unspecified atom stereocenters. The van der Waals surface area contributed by atoms with Crippen LogP contribution >= 0.6 is 0 Å². The summed E-state index contributed by atoms with van der Waals surface area (Å²) in [6.07, 6.45) is 6.44. The average molecular weight is 303 g/mol. The number of nitrogens with one attached hydrogen (secondary N) is 1. The number of nitrogens with zero attached hydrogens (tertiary/aromatic N) is 2. The molecule has 0 aromatic heterocycles. The highest BCUT2D eigenvalue weighted by molar-refractivity contribution is 7.86. The van der Waals surface area contributed by atoms with Gasteiger partial charge in [0.25, 0.3) is 10.2 Å². The first-order chi connectivity index (χ1) is 9.64. The summed E-state index contributed by atoms with van der Waals surface area (Å²) >= 11 is 0. The molecule has 0 spiro atoms. The summed E-state index contributed by atoms with van der Waals surface area (Å²) in [5, 5.41) is 3.42. The molecule has 2 heterocycles. The fourth-order valence-corrected chi connectivity index (χ4v) is 4.95. The maximum atomic E-state index is 12.6. The third-order valence-electron chi connectivity index (χ3n) is 4.31. The minimum Gasteiger partial charge on any atom is -0.316 e. The molecule has 2 aliphatic rings. The van der Waals surface area contributed by atoms with Crippen molar-refractivity contribution in [2.45, 2.75) is 45.4 Å². The molecule has 2 aliphatic heterocycles. The summed E-state index contributed by atoms with van der Waals surface area (Å²) in [5.41, 5.74) is 0. The van der Waals surface area contributed by atoms with Crippen molar-refractivity contribution in [3.8, 4) is 0 Å². The van der Waals surface area contributed by atoms with E-state index in [-0.39, 0.29) is 0 Å². The number of hydrogen-bond acceptors (Lipinski definition) is 3. The predicted octanol–water partition coefficient (Wildman–Crippen LogP) is 1.43. The molecule has 0 bridgehead atoms. The molecule has 6 heteroatoms. The van der Waals surface area contributed by atoms with E-state index in [1.807, 2.05) is 0 Å². The first-order valence-corrected chi connectivity index (χ1v) is 9.50. The Kier molecular flexibility index (Phi) is 6.26. The normalized spacial score (nSPS) is 26.8. The third-order valence-corrected chi connectivity index (χ3v) is 6.31. The van der Waals surface area contributed by atoms with Crippen LogP contribution in [0.1, 0.15) is 45.4 Å². The van der Waals surface area contributed by atoms with E-state index in [1.54, 1.807) is 8.61 Å². The van der Waals surface area contributed by atoms with E-state index in [4.69, 9.17) is 0 Å². The van der Waals surface area contributed by atoms with Crippen molar-refractivity contribution < 1.29 is 8.42 Å². The van der Waals surface area contributed by atoms with Gasteiger partial charge in [-0.15, -0.1) is 0 Å². The molecule has 0 aromatic rings. The second-order valence-electron chi connectivity index (χ2n) is 6.04. The summed E-state index contributed by atoms with van der Waals surface area (Å²) in [6.45, 7) is 6.92. The van der Waals surface area contributed by atoms with Gasteiger partial charge in [0.2, 0.25) is 0 Å². The Balaban J connectivity index is 1.89. The smallest absolute Gasteiger partial charge is 0.281 e. The standard InChI is InChI=1S/C14H29N3O2S/c1-2-8-15-12-14-7-6-11-17(13-14)20(18,19)16-9-4-3-5-10-16/h14-15H,2-13H2,1H3. The van der Waals surface area contributed by atoms with Gasteiger partial charge in [-0.2, -0.15) is 17.0 Å². The van der Waals surface area contributed by atoms with Gasteiger partial charge in [0.05, 0.1) is 0 Å². The molecular weight excluding hydrogens is 274 g/mol. The van der Waals surface area contributed by atoms with E-state index >= 15 is 0 Å². The number of rotatable bonds is 6. The highest BCUT2D eigenvalue weighted by Gasteiger charge is 2.33. The van der Waals surface area contributed by atoms with Gasteiger partial charge in [-0.3, -0.25) is 0 Å². The van der Waals surface area contributed by atoms with Crippen molar-refractivity contribution in [3.05, 3.63) is 0 Å². The predicted molar refractivity (Wildman–Crippen MR) is 81.8 cm³/mol. The van der Waals surface area contributed by atoms with Crippen LogP contribution in [0.5, 0.6) is 0 Å². The van der Waals surface area contributed by atoms with Gasteiger partial charge in [0.1, 0.15) is 0 Å². The topological polar surface area (TPSA) is 52.7 Å². The molecule has 2 saturated heterocycles. The maximum absolute atomic E-state index is 12.6. The molecular formula is C14H29N3O2S. The Morgan fingerprint density at radius 2 is 1.75 bits per heavy atom. The third kappa shape index (κ3) is 4.16. The quantitative estimate of drug-likeness (QED) is 0.755. The van der Waals surface area contributed by atoms with E-state index < -0.39 is 10.2 Å². The Morgan fingerprint density at radius 3 is 2.45 bits per heavy atom. The van der Waals surface area contributed by atoms with Crippen molar-refractivity contribution in [3.63, 3.8) is 0 Å². The molecule has 2 fully saturated rings. The van der Waals surface area contributed by atoms with Gasteiger partial charge >= 0.3 is 0 Å². The van der Waals surface area contributed by atoms with Crippen molar-refractivity contribution in [2.75, 3.05) is 39.3 Å². The lowest BCUT2D eigenvalue weighted by atomic mass is 10.00. The lowest BCUT2D eigenvalue weighted by molar-refractivity contribution is 0.234. The van der Waals surface area contributed by atoms with Crippen LogP contribution in [-0.2, 0) is 10.2 Å². The second kappa shape index (κ2) is 7.73. The molecule has 5 nitrogen and oxygen atoms in total. The van der Waals surface area contributed by atoms with Gasteiger partial charge in [-0.1, -0.05) is 13.3 Å². The number of hydrogen-bond donors (Lipinski definition) is 1. The maximum Gasteiger partial charge on any atom is 0.281 e. The van der Waals surface area contributed by atoms with Crippen molar-refractivity contribution in [2.24, 2.45) is 5.92 Å². The summed E-state index contributed by atoms with van der Waals surface area (Å²) in [6, 6.07) is 0. The lowest BCUT2D eigenvalue weighted by Crippen LogP contribution is -2.50. The average Bonchev–Trinajstić information content (AvgIpc) is 2.49. The van der Waals surface area contributed by atoms with Gasteiger partial charge < -0.3 is 5.32 Å². The molecule has 0 saturated carbocycles. The largest absolute Gasteiger partial charge is 0.316 e. The highest BCUT2D eigenvalue weighted by atomic mass is 32.2. The van der Waals surface area contributed by atoms with Crippen LogP contribution in [0.4, 0.5) is 0 Å². The van der Waals surface area contributed by atoms with Crippen LogP contribution < -0.4 is 5.32 Å². The zero-order chi connectivity index (χ0) is 14.4. The Morgan fingerprint density at radius 1 is 1.05 bits per heavy atom. The van der Waals surface area contributed by atoms with Gasteiger partial charge in [0, 0.05) is 26.2 Å². The molecule has 20 heavy (non-hydrogen) atoms. The second-order valence-corrected chi connectivity index (χ2v) is 7.97. The Hall–Kier alpha value is -0.170. The van der Waals surface area contributed by atoms with E-state index in [0.29, 0.717) is 32.1 Å². The zero-order valence-corrected chi connectivity index (χ0v) is 13.5. The Labute approximate surface area is 123 Å². The van der Waals surface area contributed by atoms with Crippen LogP contribution in [0.3, 0.4) is 0 Å². The van der Waals surface area contributed by atoms with Crippen LogP contribution in [0.2, 0.25) is 0 Å². The molecule has 0 aliphatic carbocycles. The SMILES string of the molecule is CCCNCC1CCCN(S(=O)(=O)N2CCCCC2)C1. The first kappa shape index (κ1) is 16.2. The van der Waals surface area contributed by atoms with E-state index in [9.17, 15) is 8.42 Å². The molecule has 1 N–H and O–H groups in total. The summed E-state index contributed by atoms with van der Waals surface area (Å²) < 4.78 is 28.7. The molecule has 1 atom stereocenters. The lowest BCUT2D eigenvalue weighted by Gasteiger charge is -2.36. The highest BCUT2D eigenvalue weighted by Crippen LogP contribution is 2.23. The Bertz CT molecular complexity index is 380. The number of piperidine rings is 2. The summed E-state index contributed by atoms with van der Waals surface area (Å²) in [7, 11) is -3.21. The summed E-state index contributed by atoms with van der Waals surface area (Å²) in [4.78, 5) is 0. The molecule has 0 radical (unpaired) electrons. The monoisotopic (exact) mass is 303 g/mol. The fraction of sp³-hybridized carbons (Fsp3) is 1.00. The van der Waals surface area contributed by atoms with Crippen molar-refractivity contribution in [1.82, 2.24) is 13.9 Å². The van der Waals surface area contributed by atoms with E-state index in [0.717, 1.165) is 51.6 Å². The van der Waals surface area contributed by atoms with Gasteiger partial charge in [-0.25, -0.2) is 0 Å². The first-order valence-electron chi connectivity index (χ1n) is 8.10. The molecule has 0 aromatic carbocycles. The van der Waals surface area contributed by atoms with Crippen LogP contribution in [-0.4, -0.2) is 56.3 Å². The van der Waals surface area contributed by atoms with Crippen LogP contribution in [0.25, 0.3) is 0 Å². The minimum atomic E-state index is -3.21. The van der Waals surface area contributed by atoms with E-state index in [1.165, 1.54) is 0 Å². The molecule has 2 rings (SSSR count). The minimum absolute atomic E-state index is 0.467. The fourth-order valence-electron chi connectivity index (χ4n) is 3.14. The summed E-state index contributed by atoms with van der Waals surface area (Å²) in [5.74, 6) is 0.467. The van der Waals surface area contributed by atoms with Crippen LogP contribution in [0, 0.1) is 5.92 Å². The van der Waals surface area contributed by atoms with Gasteiger partial charge in [0.15, 0.2) is 0 Å². The van der Waals surface area contributed by atoms with E-state index in [2.05, 4.69) is 12.2 Å². The van der Waals surface area contributed by atoms with Crippen molar-refractivity contribution >= 4 is 10.2 Å². The van der Waals surface area contributed by atoms with Gasteiger partial charge in [-0.05, 0) is 51.1 Å². The van der Waals surface area contributed by atoms with Crippen molar-refractivity contribution in [1.29, 1.82) is 0 Å². The molecule has 118 valence electrons. The van der Waals surface area contributed by atoms with Crippen LogP contribution in [0.15, 0.2) is 0 Å². The zero-order valence-electron chi connectivity index (χ0n) is 12.7.